The largest absolute Gasteiger partial charge is 0.322 e. The summed E-state index contributed by atoms with van der Waals surface area (Å²) in [5.74, 6) is 0. The Hall–Kier alpha value is -2.73. The van der Waals surface area contributed by atoms with E-state index in [1.54, 1.807) is 29.2 Å². The summed E-state index contributed by atoms with van der Waals surface area (Å²) >= 11 is 4.66. The van der Waals surface area contributed by atoms with Gasteiger partial charge in [0.1, 0.15) is 0 Å². The summed E-state index contributed by atoms with van der Waals surface area (Å²) in [6.07, 6.45) is 2.01. The Kier molecular flexibility index (Phi) is 6.45. The van der Waals surface area contributed by atoms with Crippen molar-refractivity contribution in [2.24, 2.45) is 0 Å². The third-order valence-corrected chi connectivity index (χ3v) is 8.07. The zero-order chi connectivity index (χ0) is 22.8. The number of fused-ring (bicyclic) bond motifs is 1. The molecule has 0 spiro atoms. The lowest BCUT2D eigenvalue weighted by atomic mass is 10.3. The Bertz CT molecular complexity index is 1330. The number of thioether (sulfide) groups is 1. The highest BCUT2D eigenvalue weighted by molar-refractivity contribution is 7.98. The Morgan fingerprint density at radius 2 is 2.00 bits per heavy atom. The van der Waals surface area contributed by atoms with Gasteiger partial charge in [0.2, 0.25) is 4.96 Å². The van der Waals surface area contributed by atoms with Gasteiger partial charge >= 0.3 is 6.03 Å². The number of piperazine rings is 1. The molecule has 1 aliphatic heterocycles. The zero-order valence-electron chi connectivity index (χ0n) is 17.9. The maximum Gasteiger partial charge on any atom is 0.321 e. The average molecular weight is 499 g/mol. The van der Waals surface area contributed by atoms with Crippen molar-refractivity contribution in [2.45, 2.75) is 11.4 Å². The number of anilines is 1. The topological polar surface area (TPSA) is 82.8 Å². The van der Waals surface area contributed by atoms with Crippen LogP contribution in [-0.2, 0) is 6.54 Å². The lowest BCUT2D eigenvalue weighted by molar-refractivity contribution is 0.142. The Morgan fingerprint density at radius 1 is 1.15 bits per heavy atom. The minimum Gasteiger partial charge on any atom is -0.322 e. The molecule has 0 atom stereocenters. The molecule has 170 valence electrons. The van der Waals surface area contributed by atoms with Crippen molar-refractivity contribution >= 4 is 51.1 Å². The first kappa shape index (κ1) is 22.1. The summed E-state index contributed by atoms with van der Waals surface area (Å²) in [5.41, 5.74) is 1.37. The van der Waals surface area contributed by atoms with Gasteiger partial charge in [0.25, 0.3) is 5.56 Å². The SMILES string of the molecule is CSc1cccc(NC(=O)N2CCN(Cc3cc(=O)n4nc(-c5cccs5)sc4n3)CC2)c1. The number of urea groups is 1. The molecule has 0 radical (unpaired) electrons. The standard InChI is InChI=1S/C22H22N6O2S3/c1-31-17-5-2-4-15(12-17)23-21(30)27-9-7-26(8-10-27)14-16-13-19(29)28-22(24-16)33-20(25-28)18-6-3-11-32-18/h2-6,11-13H,7-10,14H2,1H3,(H,23,30). The van der Waals surface area contributed by atoms with Crippen molar-refractivity contribution in [1.82, 2.24) is 24.4 Å². The van der Waals surface area contributed by atoms with Crippen LogP contribution in [0.1, 0.15) is 5.69 Å². The minimum absolute atomic E-state index is 0.0866. The monoisotopic (exact) mass is 498 g/mol. The van der Waals surface area contributed by atoms with E-state index in [1.165, 1.54) is 15.9 Å². The predicted octanol–water partition coefficient (Wildman–Crippen LogP) is 3.95. The molecular weight excluding hydrogens is 476 g/mol. The summed E-state index contributed by atoms with van der Waals surface area (Å²) in [7, 11) is 0. The van der Waals surface area contributed by atoms with Crippen molar-refractivity contribution in [2.75, 3.05) is 37.8 Å². The Morgan fingerprint density at radius 3 is 2.76 bits per heavy atom. The van der Waals surface area contributed by atoms with Crippen molar-refractivity contribution < 1.29 is 4.79 Å². The van der Waals surface area contributed by atoms with Gasteiger partial charge in [-0.1, -0.05) is 23.5 Å². The Balaban J connectivity index is 1.21. The maximum atomic E-state index is 12.7. The third-order valence-electron chi connectivity index (χ3n) is 5.40. The van der Waals surface area contributed by atoms with Gasteiger partial charge in [-0.05, 0) is 35.9 Å². The predicted molar refractivity (Wildman–Crippen MR) is 135 cm³/mol. The normalized spacial score (nSPS) is 14.6. The fourth-order valence-corrected chi connectivity index (χ4v) is 5.85. The van der Waals surface area contributed by atoms with Crippen LogP contribution in [0.15, 0.2) is 57.5 Å². The van der Waals surface area contributed by atoms with Crippen LogP contribution in [-0.4, -0.2) is 62.9 Å². The lowest BCUT2D eigenvalue weighted by Crippen LogP contribution is -2.49. The van der Waals surface area contributed by atoms with Crippen LogP contribution in [0.3, 0.4) is 0 Å². The van der Waals surface area contributed by atoms with Gasteiger partial charge in [0.15, 0.2) is 5.01 Å². The lowest BCUT2D eigenvalue weighted by Gasteiger charge is -2.34. The van der Waals surface area contributed by atoms with Crippen molar-refractivity contribution in [1.29, 1.82) is 0 Å². The van der Waals surface area contributed by atoms with Gasteiger partial charge in [0, 0.05) is 49.4 Å². The highest BCUT2D eigenvalue weighted by Crippen LogP contribution is 2.28. The number of rotatable bonds is 5. The summed E-state index contributed by atoms with van der Waals surface area (Å²) in [6.45, 7) is 3.27. The van der Waals surface area contributed by atoms with Crippen molar-refractivity contribution in [3.63, 3.8) is 0 Å². The second-order valence-electron chi connectivity index (χ2n) is 7.59. The van der Waals surface area contributed by atoms with E-state index in [0.717, 1.165) is 39.3 Å². The van der Waals surface area contributed by atoms with Crippen LogP contribution < -0.4 is 10.9 Å². The number of amides is 2. The molecule has 1 aromatic carbocycles. The number of hydrogen-bond acceptors (Lipinski definition) is 8. The fraction of sp³-hybridized carbons (Fsp3) is 0.273. The highest BCUT2D eigenvalue weighted by Gasteiger charge is 2.22. The minimum atomic E-state index is -0.167. The van der Waals surface area contributed by atoms with Crippen LogP contribution in [0, 0.1) is 0 Å². The van der Waals surface area contributed by atoms with Crippen LogP contribution in [0.5, 0.6) is 0 Å². The quantitative estimate of drug-likeness (QED) is 0.420. The molecule has 0 unspecified atom stereocenters. The van der Waals surface area contributed by atoms with E-state index < -0.39 is 0 Å². The summed E-state index contributed by atoms with van der Waals surface area (Å²) in [5, 5.41) is 10.2. The molecular formula is C22H22N6O2S3. The van der Waals surface area contributed by atoms with Gasteiger partial charge in [-0.15, -0.1) is 23.1 Å². The first-order chi connectivity index (χ1) is 16.1. The van der Waals surface area contributed by atoms with E-state index >= 15 is 0 Å². The molecule has 3 aromatic heterocycles. The smallest absolute Gasteiger partial charge is 0.321 e. The van der Waals surface area contributed by atoms with Crippen LogP contribution >= 0.6 is 34.4 Å². The number of thiophene rings is 1. The molecule has 0 bridgehead atoms. The molecule has 1 aliphatic rings. The first-order valence-electron chi connectivity index (χ1n) is 10.4. The van der Waals surface area contributed by atoms with Gasteiger partial charge in [-0.3, -0.25) is 9.69 Å². The van der Waals surface area contributed by atoms with Crippen molar-refractivity contribution in [3.8, 4) is 9.88 Å². The summed E-state index contributed by atoms with van der Waals surface area (Å²) in [6, 6.07) is 13.3. The van der Waals surface area contributed by atoms with E-state index in [0.29, 0.717) is 24.6 Å². The molecule has 5 rings (SSSR count). The van der Waals surface area contributed by atoms with Gasteiger partial charge in [-0.2, -0.15) is 9.61 Å². The second-order valence-corrected chi connectivity index (χ2v) is 10.4. The number of carbonyl (C=O) groups excluding carboxylic acids is 1. The molecule has 4 heterocycles. The van der Waals surface area contributed by atoms with E-state index in [4.69, 9.17) is 0 Å². The maximum absolute atomic E-state index is 12.7. The van der Waals surface area contributed by atoms with E-state index in [2.05, 4.69) is 20.3 Å². The molecule has 1 fully saturated rings. The van der Waals surface area contributed by atoms with Crippen LogP contribution in [0.4, 0.5) is 10.5 Å². The molecule has 1 N–H and O–H groups in total. The number of nitrogens with zero attached hydrogens (tertiary/aromatic N) is 5. The summed E-state index contributed by atoms with van der Waals surface area (Å²) in [4.78, 5) is 36.7. The second kappa shape index (κ2) is 9.64. The molecule has 2 amide bonds. The van der Waals surface area contributed by atoms with Crippen LogP contribution in [0.25, 0.3) is 14.8 Å². The van der Waals surface area contributed by atoms with E-state index in [1.807, 2.05) is 52.9 Å². The number of carbonyl (C=O) groups is 1. The zero-order valence-corrected chi connectivity index (χ0v) is 20.4. The highest BCUT2D eigenvalue weighted by atomic mass is 32.2. The molecule has 0 aliphatic carbocycles. The fourth-order valence-electron chi connectivity index (χ4n) is 3.68. The van der Waals surface area contributed by atoms with Gasteiger partial charge in [-0.25, -0.2) is 9.78 Å². The summed E-state index contributed by atoms with van der Waals surface area (Å²) < 4.78 is 1.37. The first-order valence-corrected chi connectivity index (χ1v) is 13.4. The van der Waals surface area contributed by atoms with Crippen molar-refractivity contribution in [3.05, 3.63) is 63.9 Å². The molecule has 4 aromatic rings. The molecule has 0 saturated carbocycles. The third kappa shape index (κ3) is 4.96. The molecule has 1 saturated heterocycles. The van der Waals surface area contributed by atoms with E-state index in [9.17, 15) is 9.59 Å². The van der Waals surface area contributed by atoms with Gasteiger partial charge in [0.05, 0.1) is 10.6 Å². The molecule has 11 heteroatoms. The molecule has 8 nitrogen and oxygen atoms in total. The number of aromatic nitrogens is 3. The number of hydrogen-bond donors (Lipinski definition) is 1. The Labute approximate surface area is 202 Å². The van der Waals surface area contributed by atoms with Gasteiger partial charge < -0.3 is 10.2 Å². The van der Waals surface area contributed by atoms with E-state index in [-0.39, 0.29) is 11.6 Å². The van der Waals surface area contributed by atoms with Crippen LogP contribution in [0.2, 0.25) is 0 Å². The number of nitrogens with one attached hydrogen (secondary N) is 1. The number of benzene rings is 1. The molecule has 33 heavy (non-hydrogen) atoms. The average Bonchev–Trinajstić information content (AvgIpc) is 3.50.